The van der Waals surface area contributed by atoms with Crippen LogP contribution in [0.5, 0.6) is 0 Å². The van der Waals surface area contributed by atoms with Gasteiger partial charge in [-0.2, -0.15) is 0 Å². The summed E-state index contributed by atoms with van der Waals surface area (Å²) in [4.78, 5) is 0. The number of hydrogen-bond donors (Lipinski definition) is 1. The van der Waals surface area contributed by atoms with Crippen LogP contribution >= 0.6 is 0 Å². The number of rotatable bonds is 4. The summed E-state index contributed by atoms with van der Waals surface area (Å²) < 4.78 is 6.26. The summed E-state index contributed by atoms with van der Waals surface area (Å²) in [6.45, 7) is 17.3. The second-order valence-electron chi connectivity index (χ2n) is 7.56. The Hall–Kier alpha value is -1.28. The Bertz CT molecular complexity index is 629. The normalized spacial score (nSPS) is 12.6. The van der Waals surface area contributed by atoms with Gasteiger partial charge in [-0.3, -0.25) is 0 Å². The minimum absolute atomic E-state index is 0.0961. The molecule has 0 fully saturated rings. The quantitative estimate of drug-likeness (QED) is 0.847. The molecule has 116 valence electrons. The summed E-state index contributed by atoms with van der Waals surface area (Å²) in [5.41, 5.74) is 5.04. The molecule has 0 bridgehead atoms. The van der Waals surface area contributed by atoms with Gasteiger partial charge in [0, 0.05) is 10.9 Å². The molecule has 2 rings (SSSR count). The number of nitrogens with one attached hydrogen (secondary N) is 1. The van der Waals surface area contributed by atoms with Gasteiger partial charge >= 0.3 is 0 Å². The van der Waals surface area contributed by atoms with E-state index in [1.807, 2.05) is 0 Å². The van der Waals surface area contributed by atoms with Crippen molar-refractivity contribution in [3.05, 3.63) is 34.6 Å². The highest BCUT2D eigenvalue weighted by Gasteiger charge is 2.22. The van der Waals surface area contributed by atoms with E-state index < -0.39 is 0 Å². The molecule has 2 aromatic rings. The molecule has 0 amide bonds. The predicted octanol–water partition coefficient (Wildman–Crippen LogP) is 5.09. The minimum Gasteiger partial charge on any atom is -0.459 e. The number of furan rings is 1. The van der Waals surface area contributed by atoms with Crippen molar-refractivity contribution in [1.29, 1.82) is 0 Å². The highest BCUT2D eigenvalue weighted by molar-refractivity contribution is 5.88. The van der Waals surface area contributed by atoms with Crippen molar-refractivity contribution < 1.29 is 4.42 Å². The van der Waals surface area contributed by atoms with Crippen molar-refractivity contribution >= 4 is 11.0 Å². The molecule has 0 aliphatic rings. The van der Waals surface area contributed by atoms with Gasteiger partial charge in [-0.1, -0.05) is 46.8 Å². The van der Waals surface area contributed by atoms with Crippen molar-refractivity contribution in [2.75, 3.05) is 6.54 Å². The van der Waals surface area contributed by atoms with Crippen LogP contribution in [0.1, 0.15) is 57.1 Å². The summed E-state index contributed by atoms with van der Waals surface area (Å²) in [6.07, 6.45) is 0. The van der Waals surface area contributed by atoms with E-state index in [1.165, 1.54) is 22.1 Å². The smallest absolute Gasteiger partial charge is 0.138 e. The first-order valence-corrected chi connectivity index (χ1v) is 7.94. The Morgan fingerprint density at radius 1 is 1.14 bits per heavy atom. The third-order valence-electron chi connectivity index (χ3n) is 4.03. The average Bonchev–Trinajstić information content (AvgIpc) is 2.66. The van der Waals surface area contributed by atoms with E-state index in [4.69, 9.17) is 4.42 Å². The van der Waals surface area contributed by atoms with Gasteiger partial charge in [0.1, 0.15) is 11.3 Å². The van der Waals surface area contributed by atoms with E-state index >= 15 is 0 Å². The predicted molar refractivity (Wildman–Crippen MR) is 90.9 cm³/mol. The van der Waals surface area contributed by atoms with Gasteiger partial charge in [-0.05, 0) is 42.9 Å². The molecule has 2 heteroatoms. The molecule has 1 aromatic heterocycles. The van der Waals surface area contributed by atoms with Crippen LogP contribution in [0, 0.1) is 19.8 Å². The Labute approximate surface area is 128 Å². The SMILES string of the molecule is Cc1ccc(C(C)(C)C)c2oc(CNCC(C)C)c(C)c12. The lowest BCUT2D eigenvalue weighted by atomic mass is 9.85. The fourth-order valence-corrected chi connectivity index (χ4v) is 2.83. The topological polar surface area (TPSA) is 25.2 Å². The molecule has 1 aromatic carbocycles. The van der Waals surface area contributed by atoms with Gasteiger partial charge in [0.2, 0.25) is 0 Å². The third-order valence-corrected chi connectivity index (χ3v) is 4.03. The molecule has 0 radical (unpaired) electrons. The zero-order valence-electron chi connectivity index (χ0n) is 14.6. The zero-order valence-corrected chi connectivity index (χ0v) is 14.6. The van der Waals surface area contributed by atoms with Crippen molar-refractivity contribution in [3.8, 4) is 0 Å². The van der Waals surface area contributed by atoms with Crippen LogP contribution < -0.4 is 5.32 Å². The van der Waals surface area contributed by atoms with Crippen molar-refractivity contribution in [2.24, 2.45) is 5.92 Å². The fraction of sp³-hybridized carbons (Fsp3) is 0.579. The van der Waals surface area contributed by atoms with Gasteiger partial charge in [0.25, 0.3) is 0 Å². The van der Waals surface area contributed by atoms with Crippen molar-refractivity contribution in [1.82, 2.24) is 5.32 Å². The van der Waals surface area contributed by atoms with E-state index in [0.717, 1.165) is 24.4 Å². The van der Waals surface area contributed by atoms with Gasteiger partial charge in [0.15, 0.2) is 0 Å². The van der Waals surface area contributed by atoms with Crippen LogP contribution in [0.2, 0.25) is 0 Å². The average molecular weight is 287 g/mol. The summed E-state index contributed by atoms with van der Waals surface area (Å²) in [6, 6.07) is 4.43. The number of aryl methyl sites for hydroxylation is 2. The second-order valence-corrected chi connectivity index (χ2v) is 7.56. The Morgan fingerprint density at radius 3 is 2.38 bits per heavy atom. The number of benzene rings is 1. The maximum atomic E-state index is 6.26. The van der Waals surface area contributed by atoms with Crippen molar-refractivity contribution in [2.45, 2.75) is 60.4 Å². The lowest BCUT2D eigenvalue weighted by molar-refractivity contribution is 0.476. The molecule has 2 nitrogen and oxygen atoms in total. The summed E-state index contributed by atoms with van der Waals surface area (Å²) in [5, 5.41) is 4.78. The highest BCUT2D eigenvalue weighted by Crippen LogP contribution is 2.36. The third kappa shape index (κ3) is 3.32. The van der Waals surface area contributed by atoms with Gasteiger partial charge in [-0.15, -0.1) is 0 Å². The van der Waals surface area contributed by atoms with E-state index in [2.05, 4.69) is 65.9 Å². The first kappa shape index (κ1) is 16.1. The van der Waals surface area contributed by atoms with Crippen LogP contribution in [0.25, 0.3) is 11.0 Å². The molecule has 0 aliphatic carbocycles. The maximum absolute atomic E-state index is 6.26. The monoisotopic (exact) mass is 287 g/mol. The highest BCUT2D eigenvalue weighted by atomic mass is 16.3. The van der Waals surface area contributed by atoms with Crippen LogP contribution in [0.3, 0.4) is 0 Å². The molecule has 1 N–H and O–H groups in total. The molecular weight excluding hydrogens is 258 g/mol. The standard InChI is InChI=1S/C19H29NO/c1-12(2)10-20-11-16-14(4)17-13(3)8-9-15(18(17)21-16)19(5,6)7/h8-9,12,20H,10-11H2,1-7H3. The van der Waals surface area contributed by atoms with Crippen LogP contribution in [-0.4, -0.2) is 6.54 Å². The fourth-order valence-electron chi connectivity index (χ4n) is 2.83. The Balaban J connectivity index is 2.46. The lowest BCUT2D eigenvalue weighted by Gasteiger charge is -2.19. The van der Waals surface area contributed by atoms with Crippen molar-refractivity contribution in [3.63, 3.8) is 0 Å². The van der Waals surface area contributed by atoms with Crippen LogP contribution in [-0.2, 0) is 12.0 Å². The first-order valence-electron chi connectivity index (χ1n) is 7.94. The molecular formula is C19H29NO. The van der Waals surface area contributed by atoms with Gasteiger partial charge in [-0.25, -0.2) is 0 Å². The molecule has 0 saturated heterocycles. The summed E-state index contributed by atoms with van der Waals surface area (Å²) in [5.74, 6) is 1.73. The summed E-state index contributed by atoms with van der Waals surface area (Å²) >= 11 is 0. The number of fused-ring (bicyclic) bond motifs is 1. The second kappa shape index (κ2) is 5.84. The van der Waals surface area contributed by atoms with Gasteiger partial charge in [0.05, 0.1) is 6.54 Å². The Morgan fingerprint density at radius 2 is 1.81 bits per heavy atom. The van der Waals surface area contributed by atoms with E-state index in [1.54, 1.807) is 0 Å². The molecule has 0 saturated carbocycles. The van der Waals surface area contributed by atoms with E-state index in [9.17, 15) is 0 Å². The number of hydrogen-bond acceptors (Lipinski definition) is 2. The lowest BCUT2D eigenvalue weighted by Crippen LogP contribution is -2.19. The van der Waals surface area contributed by atoms with E-state index in [0.29, 0.717) is 5.92 Å². The van der Waals surface area contributed by atoms with Crippen LogP contribution in [0.15, 0.2) is 16.5 Å². The Kier molecular flexibility index (Phi) is 4.48. The molecule has 0 aliphatic heterocycles. The molecule has 0 atom stereocenters. The molecule has 0 spiro atoms. The van der Waals surface area contributed by atoms with E-state index in [-0.39, 0.29) is 5.41 Å². The minimum atomic E-state index is 0.0961. The largest absolute Gasteiger partial charge is 0.459 e. The first-order chi connectivity index (χ1) is 9.71. The molecule has 21 heavy (non-hydrogen) atoms. The zero-order chi connectivity index (χ0) is 15.8. The maximum Gasteiger partial charge on any atom is 0.138 e. The summed E-state index contributed by atoms with van der Waals surface area (Å²) in [7, 11) is 0. The van der Waals surface area contributed by atoms with Crippen LogP contribution in [0.4, 0.5) is 0 Å². The molecule has 1 heterocycles. The molecule has 0 unspecified atom stereocenters. The van der Waals surface area contributed by atoms with Gasteiger partial charge < -0.3 is 9.73 Å².